The third kappa shape index (κ3) is 4.13. The number of rotatable bonds is 5. The Morgan fingerprint density at radius 1 is 1.10 bits per heavy atom. The van der Waals surface area contributed by atoms with Gasteiger partial charge in [-0.05, 0) is 54.3 Å². The van der Waals surface area contributed by atoms with E-state index in [-0.39, 0.29) is 18.0 Å². The molecule has 2 aromatic carbocycles. The van der Waals surface area contributed by atoms with Gasteiger partial charge >= 0.3 is 5.97 Å². The molecule has 1 N–H and O–H groups in total. The molecule has 0 saturated heterocycles. The van der Waals surface area contributed by atoms with Crippen LogP contribution in [0, 0.1) is 6.92 Å². The number of para-hydroxylation sites is 1. The van der Waals surface area contributed by atoms with E-state index >= 15 is 0 Å². The van der Waals surface area contributed by atoms with Crippen LogP contribution in [0.4, 0.5) is 5.69 Å². The summed E-state index contributed by atoms with van der Waals surface area (Å²) in [6.45, 7) is 1.62. The highest BCUT2D eigenvalue weighted by Gasteiger charge is 2.12. The minimum Gasteiger partial charge on any atom is -0.425 e. The molecular weight excluding hydrogens is 402 g/mol. The zero-order valence-corrected chi connectivity index (χ0v) is 16.8. The number of aryl methyl sites for hydroxylation is 1. The number of nitrogens with zero attached hydrogens (tertiary/aromatic N) is 2. The molecule has 0 aliphatic carbocycles. The summed E-state index contributed by atoms with van der Waals surface area (Å²) < 4.78 is 6.53. The number of benzene rings is 2. The first-order valence-corrected chi connectivity index (χ1v) is 9.99. The largest absolute Gasteiger partial charge is 0.425 e. The summed E-state index contributed by atoms with van der Waals surface area (Å²) in [5, 5.41) is 5.05. The first-order valence-electron chi connectivity index (χ1n) is 9.11. The van der Waals surface area contributed by atoms with Crippen LogP contribution in [0.2, 0.25) is 0 Å². The van der Waals surface area contributed by atoms with Crippen molar-refractivity contribution in [1.82, 2.24) is 9.55 Å². The van der Waals surface area contributed by atoms with Crippen molar-refractivity contribution < 1.29 is 14.3 Å². The van der Waals surface area contributed by atoms with E-state index in [1.165, 1.54) is 22.2 Å². The summed E-state index contributed by atoms with van der Waals surface area (Å²) in [5.41, 5.74) is 1.80. The van der Waals surface area contributed by atoms with Gasteiger partial charge in [0.1, 0.15) is 12.3 Å². The summed E-state index contributed by atoms with van der Waals surface area (Å²) in [6.07, 6.45) is 1.35. The van der Waals surface area contributed by atoms with E-state index < -0.39 is 5.97 Å². The standard InChI is InChI=1S/C22H17N3O4S/c1-14-4-2-5-17-20(14)23-13-25(22(17)28)12-19(26)29-16-9-7-15(8-10-16)24-21(27)18-6-3-11-30-18/h2-11,13H,12H2,1H3,(H,24,27). The van der Waals surface area contributed by atoms with Crippen LogP contribution >= 0.6 is 11.3 Å². The van der Waals surface area contributed by atoms with Crippen LogP contribution in [0.3, 0.4) is 0 Å². The van der Waals surface area contributed by atoms with Crippen LogP contribution in [0.1, 0.15) is 15.2 Å². The number of fused-ring (bicyclic) bond motifs is 1. The molecule has 1 amide bonds. The Morgan fingerprint density at radius 2 is 1.90 bits per heavy atom. The molecule has 2 aromatic heterocycles. The molecule has 150 valence electrons. The molecule has 0 saturated carbocycles. The number of ether oxygens (including phenoxy) is 1. The van der Waals surface area contributed by atoms with Crippen molar-refractivity contribution in [1.29, 1.82) is 0 Å². The molecule has 0 spiro atoms. The summed E-state index contributed by atoms with van der Waals surface area (Å²) >= 11 is 1.35. The van der Waals surface area contributed by atoms with Gasteiger partial charge in [-0.25, -0.2) is 9.78 Å². The van der Waals surface area contributed by atoms with E-state index in [0.29, 0.717) is 27.2 Å². The van der Waals surface area contributed by atoms with Crippen LogP contribution in [0.25, 0.3) is 10.9 Å². The zero-order chi connectivity index (χ0) is 21.1. The number of carbonyl (C=O) groups excluding carboxylic acids is 2. The molecule has 0 aliphatic rings. The zero-order valence-electron chi connectivity index (χ0n) is 16.0. The Labute approximate surface area is 175 Å². The fraction of sp³-hybridized carbons (Fsp3) is 0.0909. The average molecular weight is 419 g/mol. The predicted molar refractivity (Wildman–Crippen MR) is 115 cm³/mol. The van der Waals surface area contributed by atoms with E-state index in [2.05, 4.69) is 10.3 Å². The smallest absolute Gasteiger partial charge is 0.331 e. The first kappa shape index (κ1) is 19.5. The Bertz CT molecular complexity index is 1280. The summed E-state index contributed by atoms with van der Waals surface area (Å²) in [6, 6.07) is 15.3. The Balaban J connectivity index is 1.42. The lowest BCUT2D eigenvalue weighted by atomic mass is 10.1. The molecule has 4 rings (SSSR count). The maximum atomic E-state index is 12.6. The highest BCUT2D eigenvalue weighted by atomic mass is 32.1. The van der Waals surface area contributed by atoms with E-state index in [1.54, 1.807) is 48.5 Å². The minimum absolute atomic E-state index is 0.201. The van der Waals surface area contributed by atoms with E-state index in [1.807, 2.05) is 18.4 Å². The molecule has 2 heterocycles. The van der Waals surface area contributed by atoms with Gasteiger partial charge in [-0.1, -0.05) is 18.2 Å². The highest BCUT2D eigenvalue weighted by molar-refractivity contribution is 7.12. The molecule has 0 bridgehead atoms. The Morgan fingerprint density at radius 3 is 2.63 bits per heavy atom. The normalized spacial score (nSPS) is 10.7. The Kier molecular flexibility index (Phi) is 5.40. The third-order valence-corrected chi connectivity index (χ3v) is 5.31. The molecule has 7 nitrogen and oxygen atoms in total. The minimum atomic E-state index is -0.596. The number of esters is 1. The van der Waals surface area contributed by atoms with Crippen molar-refractivity contribution >= 4 is 39.8 Å². The second-order valence-electron chi connectivity index (χ2n) is 6.58. The van der Waals surface area contributed by atoms with Crippen molar-refractivity contribution in [3.05, 3.63) is 87.1 Å². The molecular formula is C22H17N3O4S. The van der Waals surface area contributed by atoms with Crippen molar-refractivity contribution in [2.24, 2.45) is 0 Å². The van der Waals surface area contributed by atoms with Gasteiger partial charge in [-0.2, -0.15) is 0 Å². The van der Waals surface area contributed by atoms with Crippen LogP contribution in [0.15, 0.2) is 71.1 Å². The quantitative estimate of drug-likeness (QED) is 0.394. The molecule has 8 heteroatoms. The van der Waals surface area contributed by atoms with Crippen LogP contribution in [0.5, 0.6) is 5.75 Å². The lowest BCUT2D eigenvalue weighted by Gasteiger charge is -2.09. The molecule has 0 unspecified atom stereocenters. The fourth-order valence-electron chi connectivity index (χ4n) is 2.96. The second-order valence-corrected chi connectivity index (χ2v) is 7.53. The number of nitrogens with one attached hydrogen (secondary N) is 1. The van der Waals surface area contributed by atoms with Crippen molar-refractivity contribution in [2.75, 3.05) is 5.32 Å². The van der Waals surface area contributed by atoms with Crippen molar-refractivity contribution in [2.45, 2.75) is 13.5 Å². The van der Waals surface area contributed by atoms with Gasteiger partial charge in [0, 0.05) is 5.69 Å². The molecule has 0 aliphatic heterocycles. The van der Waals surface area contributed by atoms with Crippen LogP contribution in [-0.4, -0.2) is 21.4 Å². The van der Waals surface area contributed by atoms with Gasteiger partial charge in [-0.3, -0.25) is 14.2 Å². The van der Waals surface area contributed by atoms with Crippen molar-refractivity contribution in [3.63, 3.8) is 0 Å². The summed E-state index contributed by atoms with van der Waals surface area (Å²) in [7, 11) is 0. The number of aromatic nitrogens is 2. The van der Waals surface area contributed by atoms with Gasteiger partial charge in [-0.15, -0.1) is 11.3 Å². The van der Waals surface area contributed by atoms with E-state index in [9.17, 15) is 14.4 Å². The highest BCUT2D eigenvalue weighted by Crippen LogP contribution is 2.18. The van der Waals surface area contributed by atoms with E-state index in [0.717, 1.165) is 5.56 Å². The molecule has 4 aromatic rings. The first-order chi connectivity index (χ1) is 14.5. The number of hydrogen-bond donors (Lipinski definition) is 1. The fourth-order valence-corrected chi connectivity index (χ4v) is 3.58. The van der Waals surface area contributed by atoms with Gasteiger partial charge in [0.05, 0.1) is 22.1 Å². The van der Waals surface area contributed by atoms with Gasteiger partial charge < -0.3 is 10.1 Å². The number of anilines is 1. The van der Waals surface area contributed by atoms with Crippen molar-refractivity contribution in [3.8, 4) is 5.75 Å². The van der Waals surface area contributed by atoms with E-state index in [4.69, 9.17) is 4.74 Å². The predicted octanol–water partition coefficient (Wildman–Crippen LogP) is 3.62. The maximum absolute atomic E-state index is 12.6. The molecule has 0 atom stereocenters. The summed E-state index contributed by atoms with van der Waals surface area (Å²) in [5.74, 6) is -0.485. The topological polar surface area (TPSA) is 90.3 Å². The van der Waals surface area contributed by atoms with Gasteiger partial charge in [0.2, 0.25) is 0 Å². The summed E-state index contributed by atoms with van der Waals surface area (Å²) in [4.78, 5) is 41.8. The Hall–Kier alpha value is -3.78. The number of thiophene rings is 1. The molecule has 0 radical (unpaired) electrons. The molecule has 30 heavy (non-hydrogen) atoms. The SMILES string of the molecule is Cc1cccc2c(=O)n(CC(=O)Oc3ccc(NC(=O)c4cccs4)cc3)cnc12. The number of amides is 1. The third-order valence-electron chi connectivity index (χ3n) is 4.44. The van der Waals surface area contributed by atoms with Gasteiger partial charge in [0.15, 0.2) is 0 Å². The average Bonchev–Trinajstić information content (AvgIpc) is 3.27. The van der Waals surface area contributed by atoms with Crippen LogP contribution < -0.4 is 15.6 Å². The lowest BCUT2D eigenvalue weighted by molar-refractivity contribution is -0.135. The van der Waals surface area contributed by atoms with Crippen LogP contribution in [-0.2, 0) is 11.3 Å². The number of carbonyl (C=O) groups is 2. The monoisotopic (exact) mass is 419 g/mol. The second kappa shape index (κ2) is 8.30. The maximum Gasteiger partial charge on any atom is 0.331 e. The lowest BCUT2D eigenvalue weighted by Crippen LogP contribution is -2.27. The van der Waals surface area contributed by atoms with Gasteiger partial charge in [0.25, 0.3) is 11.5 Å². The number of hydrogen-bond acceptors (Lipinski definition) is 6. The molecule has 0 fully saturated rings.